The summed E-state index contributed by atoms with van der Waals surface area (Å²) in [6, 6.07) is -0.882. The monoisotopic (exact) mass is 1100 g/mol. The molecule has 0 heterocycles. The molecule has 9 heteroatoms. The second kappa shape index (κ2) is 58.3. The Bertz CT molecular complexity index is 1730. The number of allylic oxidation sites excluding steroid dienone is 21. The molecule has 0 aromatic rings. The number of phosphoric acid groups is 1. The number of unbranched alkanes of at least 4 members (excludes halogenated alkanes) is 23. The number of rotatable bonds is 56. The molecular weight excluding hydrogens is 984 g/mol. The molecule has 8 nitrogen and oxygen atoms in total. The van der Waals surface area contributed by atoms with Gasteiger partial charge in [-0.05, 0) is 109 Å². The number of hydrogen-bond acceptors (Lipinski definition) is 5. The summed E-state index contributed by atoms with van der Waals surface area (Å²) in [7, 11) is 1.53. The van der Waals surface area contributed by atoms with Gasteiger partial charge in [0.1, 0.15) is 13.2 Å². The molecule has 1 amide bonds. The summed E-state index contributed by atoms with van der Waals surface area (Å²) in [5, 5.41) is 13.9. The minimum atomic E-state index is -4.37. The van der Waals surface area contributed by atoms with Gasteiger partial charge in [0.05, 0.1) is 39.9 Å². The third kappa shape index (κ3) is 60.3. The number of likely N-dealkylation sites (N-methyl/N-ethyl adjacent to an activating group) is 1. The average Bonchev–Trinajstić information content (AvgIpc) is 3.41. The number of aliphatic hydroxyl groups is 1. The lowest BCUT2D eigenvalue weighted by Crippen LogP contribution is -2.45. The van der Waals surface area contributed by atoms with Gasteiger partial charge in [0, 0.05) is 6.42 Å². The van der Waals surface area contributed by atoms with E-state index in [0.29, 0.717) is 17.4 Å². The van der Waals surface area contributed by atoms with E-state index >= 15 is 0 Å². The third-order valence-corrected chi connectivity index (χ3v) is 14.3. The summed E-state index contributed by atoms with van der Waals surface area (Å²) in [6.07, 6.45) is 88.5. The molecule has 0 saturated carbocycles. The highest BCUT2D eigenvalue weighted by Gasteiger charge is 2.27. The fourth-order valence-corrected chi connectivity index (χ4v) is 9.18. The first-order chi connectivity index (χ1) is 38.0. The Morgan fingerprint density at radius 1 is 0.449 bits per heavy atom. The molecule has 0 aromatic heterocycles. The lowest BCUT2D eigenvalue weighted by molar-refractivity contribution is -0.870. The van der Waals surface area contributed by atoms with Crippen molar-refractivity contribution in [1.82, 2.24) is 5.32 Å². The normalized spacial score (nSPS) is 14.7. The molecule has 0 bridgehead atoms. The van der Waals surface area contributed by atoms with Crippen LogP contribution in [0.3, 0.4) is 0 Å². The van der Waals surface area contributed by atoms with E-state index in [1.54, 1.807) is 6.08 Å². The summed E-state index contributed by atoms with van der Waals surface area (Å²) in [6.45, 7) is 4.67. The average molecular weight is 1100 g/mol. The van der Waals surface area contributed by atoms with E-state index in [-0.39, 0.29) is 19.1 Å². The fourth-order valence-electron chi connectivity index (χ4n) is 8.44. The van der Waals surface area contributed by atoms with Crippen LogP contribution in [0.4, 0.5) is 0 Å². The van der Waals surface area contributed by atoms with Gasteiger partial charge < -0.3 is 19.8 Å². The van der Waals surface area contributed by atoms with Crippen molar-refractivity contribution in [2.75, 3.05) is 40.9 Å². The van der Waals surface area contributed by atoms with Crippen LogP contribution in [-0.2, 0) is 18.4 Å². The van der Waals surface area contributed by atoms with E-state index in [1.807, 2.05) is 27.2 Å². The Balaban J connectivity index is 4.23. The summed E-state index contributed by atoms with van der Waals surface area (Å²) in [5.74, 6) is -0.200. The van der Waals surface area contributed by atoms with Gasteiger partial charge in [0.2, 0.25) is 5.91 Å². The molecule has 0 saturated heterocycles. The zero-order valence-electron chi connectivity index (χ0n) is 50.9. The molecule has 3 atom stereocenters. The van der Waals surface area contributed by atoms with Gasteiger partial charge in [-0.1, -0.05) is 263 Å². The lowest BCUT2D eigenvalue weighted by atomic mass is 10.0. The molecule has 3 unspecified atom stereocenters. The van der Waals surface area contributed by atoms with Crippen LogP contribution < -0.4 is 5.32 Å². The van der Waals surface area contributed by atoms with E-state index in [1.165, 1.54) is 122 Å². The third-order valence-electron chi connectivity index (χ3n) is 13.3. The van der Waals surface area contributed by atoms with Crippen LogP contribution in [0.15, 0.2) is 134 Å². The van der Waals surface area contributed by atoms with E-state index < -0.39 is 20.0 Å². The van der Waals surface area contributed by atoms with Crippen molar-refractivity contribution in [2.45, 2.75) is 257 Å². The zero-order valence-corrected chi connectivity index (χ0v) is 51.7. The Hall–Kier alpha value is -3.36. The molecule has 0 radical (unpaired) electrons. The Kier molecular flexibility index (Phi) is 55.8. The van der Waals surface area contributed by atoms with Crippen molar-refractivity contribution in [1.29, 1.82) is 0 Å². The van der Waals surface area contributed by atoms with Crippen molar-refractivity contribution in [3.8, 4) is 0 Å². The number of aliphatic hydroxyl groups excluding tert-OH is 1. The van der Waals surface area contributed by atoms with Crippen LogP contribution in [0, 0.1) is 0 Å². The number of hydrogen-bond donors (Lipinski definition) is 3. The summed E-state index contributed by atoms with van der Waals surface area (Å²) in [5.41, 5.74) is 0. The van der Waals surface area contributed by atoms with Crippen molar-refractivity contribution in [2.24, 2.45) is 0 Å². The van der Waals surface area contributed by atoms with Gasteiger partial charge in [-0.3, -0.25) is 13.8 Å². The molecule has 446 valence electrons. The van der Waals surface area contributed by atoms with Crippen LogP contribution in [0.5, 0.6) is 0 Å². The van der Waals surface area contributed by atoms with Crippen LogP contribution >= 0.6 is 7.82 Å². The summed E-state index contributed by atoms with van der Waals surface area (Å²) < 4.78 is 23.7. The zero-order chi connectivity index (χ0) is 57.0. The van der Waals surface area contributed by atoms with E-state index in [4.69, 9.17) is 9.05 Å². The fraction of sp³-hybridized carbons (Fsp3) is 0.667. The van der Waals surface area contributed by atoms with E-state index in [2.05, 4.69) is 141 Å². The molecule has 3 N–H and O–H groups in total. The van der Waals surface area contributed by atoms with E-state index in [9.17, 15) is 19.4 Å². The van der Waals surface area contributed by atoms with Crippen LogP contribution in [0.2, 0.25) is 0 Å². The van der Waals surface area contributed by atoms with Gasteiger partial charge in [-0.15, -0.1) is 0 Å². The number of carbonyl (C=O) groups is 1. The topological polar surface area (TPSA) is 105 Å². The number of nitrogens with one attached hydrogen (secondary N) is 1. The minimum absolute atomic E-state index is 0.0462. The second-order valence-electron chi connectivity index (χ2n) is 22.0. The largest absolute Gasteiger partial charge is 0.472 e. The molecule has 0 fully saturated rings. The minimum Gasteiger partial charge on any atom is -0.387 e. The number of phosphoric ester groups is 1. The number of amides is 1. The molecule has 0 rings (SSSR count). The van der Waals surface area contributed by atoms with Crippen molar-refractivity contribution in [3.05, 3.63) is 134 Å². The molecule has 0 aromatic carbocycles. The number of carbonyl (C=O) groups excluding carboxylic acids is 1. The van der Waals surface area contributed by atoms with Crippen LogP contribution in [0.1, 0.15) is 245 Å². The highest BCUT2D eigenvalue weighted by Crippen LogP contribution is 2.43. The Morgan fingerprint density at radius 2 is 0.782 bits per heavy atom. The first kappa shape index (κ1) is 74.6. The first-order valence-corrected chi connectivity index (χ1v) is 33.1. The van der Waals surface area contributed by atoms with Crippen LogP contribution in [0.25, 0.3) is 0 Å². The Morgan fingerprint density at radius 3 is 1.18 bits per heavy atom. The highest BCUT2D eigenvalue weighted by molar-refractivity contribution is 7.47. The predicted octanol–water partition coefficient (Wildman–Crippen LogP) is 19.9. The highest BCUT2D eigenvalue weighted by atomic mass is 31.2. The number of nitrogens with zero attached hydrogens (tertiary/aromatic N) is 1. The summed E-state index contributed by atoms with van der Waals surface area (Å²) >= 11 is 0. The standard InChI is InChI=1S/C69H119N2O6P/c1-6-8-10-12-14-16-18-20-22-24-26-28-29-30-31-32-33-34-35-36-37-38-39-40-41-43-45-47-49-51-53-55-57-59-61-63-69(73)70-67(66-77-78(74,75)76-65-64-71(3,4)5)68(72)62-60-58-56-54-52-50-48-46-44-42-27-25-23-21-19-17-15-13-11-9-7-2/h8,10,14,16,20,22,26,28,30-31,33-34,36-37,39-40,44,46,52,54,60,62,67-68,72H,6-7,9,11-13,15,17-19,21,23-25,27,29,32,35,38,41-43,45,47-51,53,55-59,61,63-66H2,1-5H3,(H-,70,73,74,75)/p+1/b10-8-,16-14-,22-20-,28-26-,31-30-,34-33-,37-36-,40-39-,46-44+,54-52+,62-60+. The molecule has 0 aliphatic carbocycles. The van der Waals surface area contributed by atoms with Gasteiger partial charge >= 0.3 is 7.82 Å². The van der Waals surface area contributed by atoms with Gasteiger partial charge in [0.25, 0.3) is 0 Å². The maximum absolute atomic E-state index is 13.0. The quantitative estimate of drug-likeness (QED) is 0.0243. The van der Waals surface area contributed by atoms with Crippen molar-refractivity contribution < 1.29 is 32.9 Å². The number of quaternary nitrogens is 1. The maximum atomic E-state index is 13.0. The molecule has 0 aliphatic rings. The van der Waals surface area contributed by atoms with Gasteiger partial charge in [-0.25, -0.2) is 4.57 Å². The van der Waals surface area contributed by atoms with Crippen LogP contribution in [-0.4, -0.2) is 73.4 Å². The van der Waals surface area contributed by atoms with Crippen molar-refractivity contribution >= 4 is 13.7 Å². The van der Waals surface area contributed by atoms with Gasteiger partial charge in [-0.2, -0.15) is 0 Å². The summed E-state index contributed by atoms with van der Waals surface area (Å²) in [4.78, 5) is 23.3. The first-order valence-electron chi connectivity index (χ1n) is 31.6. The van der Waals surface area contributed by atoms with Crippen molar-refractivity contribution in [3.63, 3.8) is 0 Å². The Labute approximate surface area is 481 Å². The molecule has 78 heavy (non-hydrogen) atoms. The second-order valence-corrected chi connectivity index (χ2v) is 23.5. The lowest BCUT2D eigenvalue weighted by Gasteiger charge is -2.25. The smallest absolute Gasteiger partial charge is 0.387 e. The van der Waals surface area contributed by atoms with E-state index in [0.717, 1.165) is 103 Å². The molecule has 0 aliphatic heterocycles. The van der Waals surface area contributed by atoms with Gasteiger partial charge in [0.15, 0.2) is 0 Å². The molecule has 0 spiro atoms. The molecular formula is C69H120N2O6P+. The SMILES string of the molecule is CC/C=C\C/C=C\C/C=C\C/C=C\C/C=C\C/C=C\C/C=C\C/C=C\CCCCCCCCCCCCC(=O)NC(COP(=O)(O)OCC[N+](C)(C)C)C(O)/C=C/CC/C=C/CC/C=C/CCCCCCCCCCCCC. The maximum Gasteiger partial charge on any atom is 0.472 e. The predicted molar refractivity (Wildman–Crippen MR) is 341 cm³/mol.